The van der Waals surface area contributed by atoms with Crippen LogP contribution in [0.1, 0.15) is 60.8 Å². The van der Waals surface area contributed by atoms with Crippen LogP contribution in [0.3, 0.4) is 0 Å². The summed E-state index contributed by atoms with van der Waals surface area (Å²) in [6, 6.07) is -0.0344. The molecule has 0 saturated carbocycles. The second-order valence-corrected chi connectivity index (χ2v) is 7.81. The van der Waals surface area contributed by atoms with Gasteiger partial charge in [-0.3, -0.25) is 0 Å². The van der Waals surface area contributed by atoms with Crippen LogP contribution in [0.2, 0.25) is 0 Å². The molecule has 2 amide bonds. The van der Waals surface area contributed by atoms with E-state index in [0.717, 1.165) is 19.3 Å². The molecule has 2 atom stereocenters. The number of hydrogen-bond acceptors (Lipinski definition) is 3. The third-order valence-corrected chi connectivity index (χ3v) is 4.30. The molecule has 1 aliphatic heterocycles. The summed E-state index contributed by atoms with van der Waals surface area (Å²) in [5.74, 6) is 0.196. The molecule has 21 heavy (non-hydrogen) atoms. The maximum absolute atomic E-state index is 12.0. The van der Waals surface area contributed by atoms with Crippen LogP contribution in [-0.2, 0) is 0 Å². The maximum atomic E-state index is 12.0. The summed E-state index contributed by atoms with van der Waals surface area (Å²) in [6.45, 7) is 13.0. The van der Waals surface area contributed by atoms with Crippen LogP contribution in [0.5, 0.6) is 0 Å². The summed E-state index contributed by atoms with van der Waals surface area (Å²) >= 11 is 0. The van der Waals surface area contributed by atoms with Crippen molar-refractivity contribution in [2.24, 2.45) is 5.92 Å². The zero-order valence-corrected chi connectivity index (χ0v) is 14.4. The molecule has 124 valence electrons. The molecule has 5 nitrogen and oxygen atoms in total. The summed E-state index contributed by atoms with van der Waals surface area (Å²) in [6.07, 6.45) is 2.22. The lowest BCUT2D eigenvalue weighted by Crippen LogP contribution is -2.62. The Morgan fingerprint density at radius 1 is 1.29 bits per heavy atom. The maximum Gasteiger partial charge on any atom is 0.315 e. The van der Waals surface area contributed by atoms with Crippen LogP contribution in [-0.4, -0.2) is 40.9 Å². The number of carbonyl (C=O) groups is 1. The molecule has 0 aromatic rings. The van der Waals surface area contributed by atoms with Crippen LogP contribution in [0.15, 0.2) is 0 Å². The molecule has 0 aromatic heterocycles. The number of aliphatic hydroxyl groups excluding tert-OH is 1. The third kappa shape index (κ3) is 6.22. The normalized spacial score (nSPS) is 24.1. The topological polar surface area (TPSA) is 73.4 Å². The minimum Gasteiger partial charge on any atom is -0.391 e. The highest BCUT2D eigenvalue weighted by Gasteiger charge is 2.38. The van der Waals surface area contributed by atoms with E-state index in [2.05, 4.69) is 43.6 Å². The lowest BCUT2D eigenvalue weighted by atomic mass is 9.80. The van der Waals surface area contributed by atoms with Gasteiger partial charge in [-0.1, -0.05) is 20.3 Å². The summed E-state index contributed by atoms with van der Waals surface area (Å²) in [4.78, 5) is 12.0. The van der Waals surface area contributed by atoms with Gasteiger partial charge >= 0.3 is 6.03 Å². The molecule has 0 aliphatic carbocycles. The molecular formula is C16H33N3O2. The van der Waals surface area contributed by atoms with E-state index in [1.807, 2.05) is 13.8 Å². The van der Waals surface area contributed by atoms with E-state index < -0.39 is 6.10 Å². The van der Waals surface area contributed by atoms with Crippen molar-refractivity contribution < 1.29 is 9.90 Å². The summed E-state index contributed by atoms with van der Waals surface area (Å²) in [5, 5.41) is 19.3. The molecule has 1 heterocycles. The lowest BCUT2D eigenvalue weighted by molar-refractivity contribution is 0.112. The molecule has 1 saturated heterocycles. The first-order valence-corrected chi connectivity index (χ1v) is 8.06. The van der Waals surface area contributed by atoms with E-state index in [1.54, 1.807) is 0 Å². The SMILES string of the molecule is CCC(C)C(O)CNC(=O)NC1CC(C)(C)NC(C)(C)C1. The number of carbonyl (C=O) groups excluding carboxylic acids is 1. The minimum absolute atomic E-state index is 0.00986. The Morgan fingerprint density at radius 2 is 1.81 bits per heavy atom. The molecule has 0 spiro atoms. The molecular weight excluding hydrogens is 266 g/mol. The van der Waals surface area contributed by atoms with Crippen LogP contribution >= 0.6 is 0 Å². The number of rotatable bonds is 5. The molecule has 1 fully saturated rings. The van der Waals surface area contributed by atoms with E-state index in [1.165, 1.54) is 0 Å². The molecule has 0 aromatic carbocycles. The number of urea groups is 1. The predicted molar refractivity (Wildman–Crippen MR) is 86.3 cm³/mol. The Kier molecular flexibility index (Phi) is 6.05. The van der Waals surface area contributed by atoms with Gasteiger partial charge in [0.15, 0.2) is 0 Å². The molecule has 4 N–H and O–H groups in total. The Hall–Kier alpha value is -0.810. The Labute approximate surface area is 129 Å². The van der Waals surface area contributed by atoms with Crippen molar-refractivity contribution >= 4 is 6.03 Å². The molecule has 0 radical (unpaired) electrons. The monoisotopic (exact) mass is 299 g/mol. The molecule has 5 heteroatoms. The van der Waals surface area contributed by atoms with Gasteiger partial charge in [-0.25, -0.2) is 4.79 Å². The Bertz CT molecular complexity index is 339. The highest BCUT2D eigenvalue weighted by Crippen LogP contribution is 2.28. The van der Waals surface area contributed by atoms with Crippen LogP contribution in [0.25, 0.3) is 0 Å². The van der Waals surface area contributed by atoms with E-state index >= 15 is 0 Å². The van der Waals surface area contributed by atoms with Gasteiger partial charge in [-0.15, -0.1) is 0 Å². The first-order chi connectivity index (χ1) is 9.54. The number of amides is 2. The van der Waals surface area contributed by atoms with Crippen molar-refractivity contribution in [3.63, 3.8) is 0 Å². The predicted octanol–water partition coefficient (Wildman–Crippen LogP) is 2.00. The van der Waals surface area contributed by atoms with Gasteiger partial charge < -0.3 is 21.1 Å². The number of hydrogen-bond donors (Lipinski definition) is 4. The van der Waals surface area contributed by atoms with Crippen molar-refractivity contribution in [3.05, 3.63) is 0 Å². The van der Waals surface area contributed by atoms with Crippen LogP contribution in [0.4, 0.5) is 4.79 Å². The Morgan fingerprint density at radius 3 is 2.29 bits per heavy atom. The fourth-order valence-electron chi connectivity index (χ4n) is 3.33. The summed E-state index contributed by atoms with van der Waals surface area (Å²) < 4.78 is 0. The number of aliphatic hydroxyl groups is 1. The number of piperidine rings is 1. The molecule has 1 rings (SSSR count). The summed E-state index contributed by atoms with van der Waals surface area (Å²) in [5.41, 5.74) is 0.0197. The number of nitrogens with one attached hydrogen (secondary N) is 3. The van der Waals surface area contributed by atoms with Gasteiger partial charge in [-0.05, 0) is 46.5 Å². The quantitative estimate of drug-likeness (QED) is 0.627. The standard InChI is InChI=1S/C16H33N3O2/c1-7-11(2)13(20)10-17-14(21)18-12-8-15(3,4)19-16(5,6)9-12/h11-13,19-20H,7-10H2,1-6H3,(H2,17,18,21). The minimum atomic E-state index is -0.485. The summed E-state index contributed by atoms with van der Waals surface area (Å²) in [7, 11) is 0. The molecule has 0 bridgehead atoms. The first kappa shape index (κ1) is 18.2. The van der Waals surface area contributed by atoms with E-state index in [0.29, 0.717) is 6.54 Å². The smallest absolute Gasteiger partial charge is 0.315 e. The highest BCUT2D eigenvalue weighted by atomic mass is 16.3. The largest absolute Gasteiger partial charge is 0.391 e. The van der Waals surface area contributed by atoms with Gasteiger partial charge in [0, 0.05) is 23.7 Å². The Balaban J connectivity index is 2.44. The van der Waals surface area contributed by atoms with E-state index in [-0.39, 0.29) is 29.1 Å². The zero-order chi connectivity index (χ0) is 16.3. The van der Waals surface area contributed by atoms with Crippen molar-refractivity contribution in [1.29, 1.82) is 0 Å². The van der Waals surface area contributed by atoms with Crippen molar-refractivity contribution in [1.82, 2.24) is 16.0 Å². The first-order valence-electron chi connectivity index (χ1n) is 8.06. The second-order valence-electron chi connectivity index (χ2n) is 7.81. The van der Waals surface area contributed by atoms with Gasteiger partial charge in [0.1, 0.15) is 0 Å². The van der Waals surface area contributed by atoms with Gasteiger partial charge in [0.05, 0.1) is 6.10 Å². The van der Waals surface area contributed by atoms with Crippen molar-refractivity contribution in [2.75, 3.05) is 6.54 Å². The van der Waals surface area contributed by atoms with Crippen molar-refractivity contribution in [2.45, 2.75) is 84.0 Å². The molecule has 2 unspecified atom stereocenters. The van der Waals surface area contributed by atoms with E-state index in [4.69, 9.17) is 0 Å². The lowest BCUT2D eigenvalue weighted by Gasteiger charge is -2.46. The zero-order valence-electron chi connectivity index (χ0n) is 14.4. The second kappa shape index (κ2) is 6.97. The third-order valence-electron chi connectivity index (χ3n) is 4.30. The van der Waals surface area contributed by atoms with Gasteiger partial charge in [-0.2, -0.15) is 0 Å². The fourth-order valence-corrected chi connectivity index (χ4v) is 3.33. The van der Waals surface area contributed by atoms with Gasteiger partial charge in [0.25, 0.3) is 0 Å². The fraction of sp³-hybridized carbons (Fsp3) is 0.938. The van der Waals surface area contributed by atoms with Crippen LogP contribution in [0, 0.1) is 5.92 Å². The average Bonchev–Trinajstić information content (AvgIpc) is 2.30. The van der Waals surface area contributed by atoms with E-state index in [9.17, 15) is 9.90 Å². The van der Waals surface area contributed by atoms with Crippen molar-refractivity contribution in [3.8, 4) is 0 Å². The van der Waals surface area contributed by atoms with Crippen LogP contribution < -0.4 is 16.0 Å². The molecule has 1 aliphatic rings. The van der Waals surface area contributed by atoms with Gasteiger partial charge in [0.2, 0.25) is 0 Å². The highest BCUT2D eigenvalue weighted by molar-refractivity contribution is 5.74. The average molecular weight is 299 g/mol.